The Balaban J connectivity index is 1.65. The van der Waals surface area contributed by atoms with E-state index < -0.39 is 0 Å². The zero-order valence-corrected chi connectivity index (χ0v) is 12.6. The van der Waals surface area contributed by atoms with E-state index in [4.69, 9.17) is 4.74 Å². The lowest BCUT2D eigenvalue weighted by molar-refractivity contribution is 0.0794. The molecule has 0 saturated carbocycles. The van der Waals surface area contributed by atoms with Crippen LogP contribution in [0.15, 0.2) is 24.3 Å². The number of hydrogen-bond acceptors (Lipinski definition) is 3. The van der Waals surface area contributed by atoms with Gasteiger partial charge in [-0.1, -0.05) is 12.1 Å². The number of piperazine rings is 1. The quantitative estimate of drug-likeness (QED) is 0.836. The van der Waals surface area contributed by atoms with Gasteiger partial charge in [-0.15, -0.1) is 0 Å². The summed E-state index contributed by atoms with van der Waals surface area (Å²) in [6.07, 6.45) is 1.80. The standard InChI is InChI=1S/C16H23FN2O2/c1-2-21-16(20)19-12-10-18(11-13-19)9-3-4-14-5-7-15(17)8-6-14/h5-8H,2-4,9-13H2,1H3. The molecule has 0 bridgehead atoms. The Morgan fingerprint density at radius 2 is 1.86 bits per heavy atom. The van der Waals surface area contributed by atoms with Crippen LogP contribution < -0.4 is 0 Å². The van der Waals surface area contributed by atoms with Gasteiger partial charge in [0.15, 0.2) is 0 Å². The number of halogens is 1. The van der Waals surface area contributed by atoms with Gasteiger partial charge in [-0.05, 0) is 44.0 Å². The second-order valence-electron chi connectivity index (χ2n) is 5.26. The SMILES string of the molecule is CCOC(=O)N1CCN(CCCc2ccc(F)cc2)CC1. The molecule has 0 aromatic heterocycles. The molecule has 0 atom stereocenters. The van der Waals surface area contributed by atoms with Crippen LogP contribution in [0.5, 0.6) is 0 Å². The molecule has 1 aromatic rings. The van der Waals surface area contributed by atoms with Gasteiger partial charge in [0.1, 0.15) is 5.82 Å². The molecule has 0 N–H and O–H groups in total. The van der Waals surface area contributed by atoms with Gasteiger partial charge in [0.2, 0.25) is 0 Å². The fraction of sp³-hybridized carbons (Fsp3) is 0.562. The summed E-state index contributed by atoms with van der Waals surface area (Å²) in [5, 5.41) is 0. The lowest BCUT2D eigenvalue weighted by Gasteiger charge is -2.34. The highest BCUT2D eigenvalue weighted by Crippen LogP contribution is 2.08. The van der Waals surface area contributed by atoms with Crippen LogP contribution in [-0.4, -0.2) is 55.2 Å². The first-order valence-electron chi connectivity index (χ1n) is 7.57. The van der Waals surface area contributed by atoms with Gasteiger partial charge in [-0.25, -0.2) is 9.18 Å². The third-order valence-corrected chi connectivity index (χ3v) is 3.75. The van der Waals surface area contributed by atoms with E-state index in [-0.39, 0.29) is 11.9 Å². The van der Waals surface area contributed by atoms with Gasteiger partial charge in [-0.2, -0.15) is 0 Å². The molecule has 1 heterocycles. The predicted octanol–water partition coefficient (Wildman–Crippen LogP) is 2.53. The summed E-state index contributed by atoms with van der Waals surface area (Å²) in [5.41, 5.74) is 1.17. The van der Waals surface area contributed by atoms with Crippen LogP contribution in [-0.2, 0) is 11.2 Å². The van der Waals surface area contributed by atoms with E-state index in [1.54, 1.807) is 4.90 Å². The number of ether oxygens (including phenoxy) is 1. The predicted molar refractivity (Wildman–Crippen MR) is 79.8 cm³/mol. The number of benzene rings is 1. The Morgan fingerprint density at radius 3 is 2.48 bits per heavy atom. The molecular formula is C16H23FN2O2. The highest BCUT2D eigenvalue weighted by molar-refractivity contribution is 5.67. The van der Waals surface area contributed by atoms with Crippen LogP contribution in [0.25, 0.3) is 0 Å². The van der Waals surface area contributed by atoms with Crippen LogP contribution in [0.3, 0.4) is 0 Å². The highest BCUT2D eigenvalue weighted by atomic mass is 19.1. The normalized spacial score (nSPS) is 16.0. The third-order valence-electron chi connectivity index (χ3n) is 3.75. The van der Waals surface area contributed by atoms with Crippen molar-refractivity contribution in [2.24, 2.45) is 0 Å². The topological polar surface area (TPSA) is 32.8 Å². The summed E-state index contributed by atoms with van der Waals surface area (Å²) in [7, 11) is 0. The van der Waals surface area contributed by atoms with Crippen molar-refractivity contribution in [2.75, 3.05) is 39.3 Å². The van der Waals surface area contributed by atoms with E-state index in [1.807, 2.05) is 19.1 Å². The van der Waals surface area contributed by atoms with E-state index >= 15 is 0 Å². The van der Waals surface area contributed by atoms with E-state index in [9.17, 15) is 9.18 Å². The molecule has 1 amide bonds. The van der Waals surface area contributed by atoms with Gasteiger partial charge >= 0.3 is 6.09 Å². The number of carbonyl (C=O) groups is 1. The van der Waals surface area contributed by atoms with Crippen LogP contribution in [0.2, 0.25) is 0 Å². The largest absolute Gasteiger partial charge is 0.450 e. The van der Waals surface area contributed by atoms with Crippen molar-refractivity contribution in [2.45, 2.75) is 19.8 Å². The number of rotatable bonds is 5. The number of hydrogen-bond donors (Lipinski definition) is 0. The van der Waals surface area contributed by atoms with Crippen molar-refractivity contribution in [3.63, 3.8) is 0 Å². The van der Waals surface area contributed by atoms with Crippen LogP contribution in [0, 0.1) is 5.82 Å². The second kappa shape index (κ2) is 7.98. The maximum Gasteiger partial charge on any atom is 0.409 e. The summed E-state index contributed by atoms with van der Waals surface area (Å²) in [5.74, 6) is -0.186. The Morgan fingerprint density at radius 1 is 1.19 bits per heavy atom. The number of carbonyl (C=O) groups excluding carboxylic acids is 1. The third kappa shape index (κ3) is 5.01. The Bertz CT molecular complexity index is 442. The molecule has 116 valence electrons. The van der Waals surface area contributed by atoms with E-state index in [1.165, 1.54) is 17.7 Å². The second-order valence-corrected chi connectivity index (χ2v) is 5.26. The summed E-state index contributed by atoms with van der Waals surface area (Å²) in [6, 6.07) is 6.70. The van der Waals surface area contributed by atoms with Gasteiger partial charge in [0, 0.05) is 26.2 Å². The fourth-order valence-corrected chi connectivity index (χ4v) is 2.53. The maximum absolute atomic E-state index is 12.8. The molecule has 0 radical (unpaired) electrons. The first kappa shape index (κ1) is 15.8. The van der Waals surface area contributed by atoms with E-state index in [0.29, 0.717) is 6.61 Å². The summed E-state index contributed by atoms with van der Waals surface area (Å²) in [6.45, 7) is 6.50. The monoisotopic (exact) mass is 294 g/mol. The smallest absolute Gasteiger partial charge is 0.409 e. The molecule has 4 nitrogen and oxygen atoms in total. The average molecular weight is 294 g/mol. The molecular weight excluding hydrogens is 271 g/mol. The molecule has 1 aliphatic heterocycles. The average Bonchev–Trinajstić information content (AvgIpc) is 2.50. The van der Waals surface area contributed by atoms with Gasteiger partial charge in [0.25, 0.3) is 0 Å². The first-order valence-corrected chi connectivity index (χ1v) is 7.57. The Labute approximate surface area is 125 Å². The Hall–Kier alpha value is -1.62. The molecule has 2 rings (SSSR count). The zero-order valence-electron chi connectivity index (χ0n) is 12.6. The minimum Gasteiger partial charge on any atom is -0.450 e. The molecule has 0 unspecified atom stereocenters. The van der Waals surface area contributed by atoms with Gasteiger partial charge in [-0.3, -0.25) is 4.90 Å². The lowest BCUT2D eigenvalue weighted by atomic mass is 10.1. The van der Waals surface area contributed by atoms with Gasteiger partial charge in [0.05, 0.1) is 6.61 Å². The lowest BCUT2D eigenvalue weighted by Crippen LogP contribution is -2.49. The van der Waals surface area contributed by atoms with Crippen molar-refractivity contribution in [3.05, 3.63) is 35.6 Å². The van der Waals surface area contributed by atoms with Crippen molar-refractivity contribution >= 4 is 6.09 Å². The summed E-state index contributed by atoms with van der Waals surface area (Å²) in [4.78, 5) is 15.7. The van der Waals surface area contributed by atoms with Crippen molar-refractivity contribution in [1.82, 2.24) is 9.80 Å². The molecule has 0 spiro atoms. The fourth-order valence-electron chi connectivity index (χ4n) is 2.53. The molecule has 1 saturated heterocycles. The van der Waals surface area contributed by atoms with Crippen LogP contribution >= 0.6 is 0 Å². The highest BCUT2D eigenvalue weighted by Gasteiger charge is 2.21. The van der Waals surface area contributed by atoms with E-state index in [0.717, 1.165) is 45.6 Å². The molecule has 21 heavy (non-hydrogen) atoms. The van der Waals surface area contributed by atoms with Crippen LogP contribution in [0.1, 0.15) is 18.9 Å². The first-order chi connectivity index (χ1) is 10.2. The minimum atomic E-state index is -0.205. The number of amides is 1. The molecule has 1 aromatic carbocycles. The van der Waals surface area contributed by atoms with Gasteiger partial charge < -0.3 is 9.64 Å². The minimum absolute atomic E-state index is 0.186. The molecule has 1 aliphatic rings. The van der Waals surface area contributed by atoms with Crippen molar-refractivity contribution in [3.8, 4) is 0 Å². The van der Waals surface area contributed by atoms with Crippen LogP contribution in [0.4, 0.5) is 9.18 Å². The molecule has 0 aliphatic carbocycles. The summed E-state index contributed by atoms with van der Waals surface area (Å²) >= 11 is 0. The number of nitrogens with zero attached hydrogens (tertiary/aromatic N) is 2. The van der Waals surface area contributed by atoms with E-state index in [2.05, 4.69) is 4.90 Å². The summed E-state index contributed by atoms with van der Waals surface area (Å²) < 4.78 is 17.8. The maximum atomic E-state index is 12.8. The van der Waals surface area contributed by atoms with Crippen molar-refractivity contribution < 1.29 is 13.9 Å². The number of aryl methyl sites for hydroxylation is 1. The Kier molecular flexibility index (Phi) is 5.99. The molecule has 5 heteroatoms. The van der Waals surface area contributed by atoms with Crippen molar-refractivity contribution in [1.29, 1.82) is 0 Å². The molecule has 1 fully saturated rings. The zero-order chi connectivity index (χ0) is 15.1.